The second-order valence-corrected chi connectivity index (χ2v) is 3.73. The number of aromatic nitrogens is 1. The maximum Gasteiger partial charge on any atom is 0.355 e. The molecule has 0 saturated carbocycles. The second-order valence-electron chi connectivity index (χ2n) is 3.73. The van der Waals surface area contributed by atoms with E-state index in [0.29, 0.717) is 5.56 Å². The fraction of sp³-hybridized carbons (Fsp3) is 0.308. The van der Waals surface area contributed by atoms with E-state index in [1.54, 1.807) is 0 Å². The van der Waals surface area contributed by atoms with Gasteiger partial charge in [-0.05, 0) is 12.1 Å². The minimum absolute atomic E-state index is 0.132. The summed E-state index contributed by atoms with van der Waals surface area (Å²) in [7, 11) is 5.21. The summed E-state index contributed by atoms with van der Waals surface area (Å²) >= 11 is 0. The Balaban J connectivity index is 3.34. The van der Waals surface area contributed by atoms with Gasteiger partial charge in [0, 0.05) is 18.7 Å². The van der Waals surface area contributed by atoms with Crippen LogP contribution in [-0.4, -0.2) is 43.8 Å². The molecular formula is C13H15NO6. The van der Waals surface area contributed by atoms with Crippen LogP contribution < -0.4 is 0 Å². The van der Waals surface area contributed by atoms with Crippen molar-refractivity contribution in [2.75, 3.05) is 21.3 Å². The van der Waals surface area contributed by atoms with E-state index in [1.807, 2.05) is 0 Å². The molecule has 7 heteroatoms. The van der Waals surface area contributed by atoms with Crippen LogP contribution in [0.3, 0.4) is 0 Å². The lowest BCUT2D eigenvalue weighted by molar-refractivity contribution is -0.134. The van der Waals surface area contributed by atoms with Crippen LogP contribution in [0.25, 0.3) is 6.08 Å². The van der Waals surface area contributed by atoms with E-state index < -0.39 is 17.9 Å². The van der Waals surface area contributed by atoms with Gasteiger partial charge in [-0.25, -0.2) is 14.4 Å². The first-order chi connectivity index (χ1) is 9.46. The molecule has 0 aliphatic rings. The average Bonchev–Trinajstić information content (AvgIpc) is 2.79. The summed E-state index contributed by atoms with van der Waals surface area (Å²) in [5.74, 6) is -1.81. The molecule has 0 saturated heterocycles. The number of hydrogen-bond acceptors (Lipinski definition) is 6. The standard InChI is InChI=1S/C13H15NO6/c1-14-9(12(16)19-3)7-8(5-6-10(15)18-2)11(14)13(17)20-4/h5-7H,1-4H3/b6-5+. The minimum atomic E-state index is -0.632. The molecule has 20 heavy (non-hydrogen) atoms. The molecule has 0 N–H and O–H groups in total. The molecule has 108 valence electrons. The molecule has 1 aromatic heterocycles. The molecule has 0 aliphatic heterocycles. The minimum Gasteiger partial charge on any atom is -0.466 e. The van der Waals surface area contributed by atoms with Gasteiger partial charge in [-0.2, -0.15) is 0 Å². The van der Waals surface area contributed by atoms with Crippen molar-refractivity contribution in [2.45, 2.75) is 0 Å². The number of hydrogen-bond donors (Lipinski definition) is 0. The molecule has 1 heterocycles. The van der Waals surface area contributed by atoms with E-state index in [4.69, 9.17) is 0 Å². The van der Waals surface area contributed by atoms with Gasteiger partial charge in [0.1, 0.15) is 11.4 Å². The Bertz CT molecular complexity index is 570. The summed E-state index contributed by atoms with van der Waals surface area (Å²) in [5.41, 5.74) is 0.649. The third-order valence-electron chi connectivity index (χ3n) is 2.64. The summed E-state index contributed by atoms with van der Waals surface area (Å²) in [4.78, 5) is 34.4. The summed E-state index contributed by atoms with van der Waals surface area (Å²) in [5, 5.41) is 0. The molecule has 0 aliphatic carbocycles. The predicted molar refractivity (Wildman–Crippen MR) is 69.1 cm³/mol. The van der Waals surface area contributed by atoms with E-state index in [9.17, 15) is 14.4 Å². The number of nitrogens with zero attached hydrogens (tertiary/aromatic N) is 1. The normalized spacial score (nSPS) is 10.4. The van der Waals surface area contributed by atoms with Crippen molar-refractivity contribution < 1.29 is 28.6 Å². The molecule has 0 unspecified atom stereocenters. The fourth-order valence-electron chi connectivity index (χ4n) is 1.63. The van der Waals surface area contributed by atoms with E-state index in [0.717, 1.165) is 6.08 Å². The van der Waals surface area contributed by atoms with Gasteiger partial charge in [0.25, 0.3) is 0 Å². The molecule has 0 bridgehead atoms. The van der Waals surface area contributed by atoms with Crippen LogP contribution in [0.4, 0.5) is 0 Å². The number of esters is 3. The quantitative estimate of drug-likeness (QED) is 0.461. The monoisotopic (exact) mass is 281 g/mol. The molecule has 0 atom stereocenters. The molecule has 0 fully saturated rings. The molecule has 1 aromatic rings. The van der Waals surface area contributed by atoms with Crippen molar-refractivity contribution in [1.82, 2.24) is 4.57 Å². The van der Waals surface area contributed by atoms with Crippen molar-refractivity contribution in [3.8, 4) is 0 Å². The highest BCUT2D eigenvalue weighted by Crippen LogP contribution is 2.18. The Morgan fingerprint density at radius 2 is 1.65 bits per heavy atom. The predicted octanol–water partition coefficient (Wildman–Crippen LogP) is 0.784. The van der Waals surface area contributed by atoms with Crippen molar-refractivity contribution >= 4 is 24.0 Å². The Kier molecular flexibility index (Phi) is 5.08. The average molecular weight is 281 g/mol. The lowest BCUT2D eigenvalue weighted by Crippen LogP contribution is -2.13. The van der Waals surface area contributed by atoms with Gasteiger partial charge in [0.2, 0.25) is 0 Å². The maximum absolute atomic E-state index is 11.7. The zero-order chi connectivity index (χ0) is 15.3. The van der Waals surface area contributed by atoms with Gasteiger partial charge >= 0.3 is 17.9 Å². The zero-order valence-corrected chi connectivity index (χ0v) is 11.6. The van der Waals surface area contributed by atoms with Crippen molar-refractivity contribution in [1.29, 1.82) is 0 Å². The Hall–Kier alpha value is -2.57. The van der Waals surface area contributed by atoms with Gasteiger partial charge in [-0.3, -0.25) is 0 Å². The van der Waals surface area contributed by atoms with Crippen LogP contribution in [0, 0.1) is 0 Å². The molecule has 0 radical (unpaired) electrons. The summed E-state index contributed by atoms with van der Waals surface area (Å²) in [6, 6.07) is 1.43. The van der Waals surface area contributed by atoms with Gasteiger partial charge in [-0.1, -0.05) is 0 Å². The number of carbonyl (C=O) groups excluding carboxylic acids is 3. The van der Waals surface area contributed by atoms with E-state index in [1.165, 1.54) is 45.1 Å². The van der Waals surface area contributed by atoms with Gasteiger partial charge in [0.05, 0.1) is 21.3 Å². The topological polar surface area (TPSA) is 83.8 Å². The Labute approximate surface area is 115 Å². The first-order valence-corrected chi connectivity index (χ1v) is 5.58. The molecule has 0 spiro atoms. The molecule has 0 amide bonds. The number of carbonyl (C=O) groups is 3. The lowest BCUT2D eigenvalue weighted by atomic mass is 10.2. The highest BCUT2D eigenvalue weighted by atomic mass is 16.5. The van der Waals surface area contributed by atoms with Crippen molar-refractivity contribution in [2.24, 2.45) is 7.05 Å². The third kappa shape index (κ3) is 3.05. The van der Waals surface area contributed by atoms with Crippen LogP contribution in [-0.2, 0) is 26.1 Å². The molecule has 0 aromatic carbocycles. The highest BCUT2D eigenvalue weighted by Gasteiger charge is 2.22. The van der Waals surface area contributed by atoms with E-state index in [2.05, 4.69) is 14.2 Å². The molecular weight excluding hydrogens is 266 g/mol. The lowest BCUT2D eigenvalue weighted by Gasteiger charge is -2.05. The van der Waals surface area contributed by atoms with Gasteiger partial charge < -0.3 is 18.8 Å². The highest BCUT2D eigenvalue weighted by molar-refractivity contribution is 5.98. The van der Waals surface area contributed by atoms with Crippen LogP contribution in [0.1, 0.15) is 26.5 Å². The van der Waals surface area contributed by atoms with Crippen LogP contribution in [0.2, 0.25) is 0 Å². The van der Waals surface area contributed by atoms with Gasteiger partial charge in [0.15, 0.2) is 0 Å². The van der Waals surface area contributed by atoms with Gasteiger partial charge in [-0.15, -0.1) is 0 Å². The fourth-order valence-corrected chi connectivity index (χ4v) is 1.63. The Morgan fingerprint density at radius 1 is 1.05 bits per heavy atom. The summed E-state index contributed by atoms with van der Waals surface area (Å²) in [6.07, 6.45) is 2.51. The SMILES string of the molecule is COC(=O)/C=C/c1cc(C(=O)OC)n(C)c1C(=O)OC. The second kappa shape index (κ2) is 6.55. The van der Waals surface area contributed by atoms with E-state index in [-0.39, 0.29) is 11.4 Å². The molecule has 7 nitrogen and oxygen atoms in total. The Morgan fingerprint density at radius 3 is 2.15 bits per heavy atom. The number of ether oxygens (including phenoxy) is 3. The van der Waals surface area contributed by atoms with E-state index >= 15 is 0 Å². The number of rotatable bonds is 4. The summed E-state index contributed by atoms with van der Waals surface area (Å²) in [6.45, 7) is 0. The first-order valence-electron chi connectivity index (χ1n) is 5.58. The molecule has 1 rings (SSSR count). The van der Waals surface area contributed by atoms with Crippen LogP contribution in [0.5, 0.6) is 0 Å². The van der Waals surface area contributed by atoms with Crippen LogP contribution >= 0.6 is 0 Å². The smallest absolute Gasteiger partial charge is 0.355 e. The maximum atomic E-state index is 11.7. The largest absolute Gasteiger partial charge is 0.466 e. The first kappa shape index (κ1) is 15.5. The summed E-state index contributed by atoms with van der Waals surface area (Å²) < 4.78 is 15.1. The van der Waals surface area contributed by atoms with Crippen molar-refractivity contribution in [3.05, 3.63) is 29.1 Å². The van der Waals surface area contributed by atoms with Crippen LogP contribution in [0.15, 0.2) is 12.1 Å². The van der Waals surface area contributed by atoms with Crippen molar-refractivity contribution in [3.63, 3.8) is 0 Å². The number of methoxy groups -OCH3 is 3. The third-order valence-corrected chi connectivity index (χ3v) is 2.64. The zero-order valence-electron chi connectivity index (χ0n) is 11.6.